The summed E-state index contributed by atoms with van der Waals surface area (Å²) in [5.41, 5.74) is 1.65. The average molecular weight is 361 g/mol. The topological polar surface area (TPSA) is 59.4 Å². The maximum Gasteiger partial charge on any atom is 0.307 e. The zero-order valence-electron chi connectivity index (χ0n) is 13.9. The van der Waals surface area contributed by atoms with E-state index in [9.17, 15) is 9.18 Å². The Balaban J connectivity index is 1.65. The van der Waals surface area contributed by atoms with Crippen molar-refractivity contribution in [3.05, 3.63) is 53.5 Å². The summed E-state index contributed by atoms with van der Waals surface area (Å²) in [7, 11) is 0. The number of aliphatic carboxylic acids is 1. The second-order valence-corrected chi connectivity index (χ2v) is 7.17. The molecule has 2 atom stereocenters. The van der Waals surface area contributed by atoms with Crippen molar-refractivity contribution >= 4 is 17.7 Å². The monoisotopic (exact) mass is 361 g/mol. The van der Waals surface area contributed by atoms with Crippen molar-refractivity contribution in [2.75, 3.05) is 5.75 Å². The van der Waals surface area contributed by atoms with Gasteiger partial charge in [0, 0.05) is 11.8 Å². The van der Waals surface area contributed by atoms with Gasteiger partial charge >= 0.3 is 5.97 Å². The van der Waals surface area contributed by atoms with Crippen molar-refractivity contribution in [1.29, 1.82) is 0 Å². The number of halogens is 1. The molecule has 1 aliphatic carbocycles. The molecule has 1 aliphatic rings. The zero-order chi connectivity index (χ0) is 17.8. The number of rotatable bonds is 8. The highest BCUT2D eigenvalue weighted by Crippen LogP contribution is 2.48. The summed E-state index contributed by atoms with van der Waals surface area (Å²) in [6, 6.07) is 8.49. The highest BCUT2D eigenvalue weighted by Gasteiger charge is 2.44. The number of ether oxygens (including phenoxy) is 1. The maximum atomic E-state index is 14.3. The molecule has 0 amide bonds. The van der Waals surface area contributed by atoms with Crippen LogP contribution in [0.15, 0.2) is 41.6 Å². The Morgan fingerprint density at radius 3 is 2.96 bits per heavy atom. The van der Waals surface area contributed by atoms with E-state index < -0.39 is 11.8 Å². The van der Waals surface area contributed by atoms with Crippen molar-refractivity contribution in [3.8, 4) is 5.75 Å². The van der Waals surface area contributed by atoms with E-state index in [2.05, 4.69) is 11.9 Å². The van der Waals surface area contributed by atoms with Crippen molar-refractivity contribution in [2.24, 2.45) is 5.92 Å². The summed E-state index contributed by atoms with van der Waals surface area (Å²) in [5, 5.41) is 9.89. The lowest BCUT2D eigenvalue weighted by molar-refractivity contribution is -0.138. The molecule has 0 radical (unpaired) electrons. The van der Waals surface area contributed by atoms with Crippen LogP contribution >= 0.6 is 11.8 Å². The molecular formula is C19H20FNO3S. The van der Waals surface area contributed by atoms with Crippen LogP contribution in [0.3, 0.4) is 0 Å². The molecule has 132 valence electrons. The van der Waals surface area contributed by atoms with E-state index in [1.54, 1.807) is 30.1 Å². The molecule has 1 heterocycles. The van der Waals surface area contributed by atoms with Gasteiger partial charge in [0.2, 0.25) is 0 Å². The Hall–Kier alpha value is -2.08. The van der Waals surface area contributed by atoms with Crippen molar-refractivity contribution < 1.29 is 19.0 Å². The molecule has 2 unspecified atom stereocenters. The van der Waals surface area contributed by atoms with E-state index in [0.29, 0.717) is 6.42 Å². The lowest BCUT2D eigenvalue weighted by Crippen LogP contribution is -2.02. The molecule has 1 N–H and O–H groups in total. The minimum absolute atomic E-state index is 0.0866. The van der Waals surface area contributed by atoms with Crippen LogP contribution < -0.4 is 4.74 Å². The lowest BCUT2D eigenvalue weighted by atomic mass is 10.1. The number of hydrogen-bond acceptors (Lipinski definition) is 4. The Morgan fingerprint density at radius 1 is 1.44 bits per heavy atom. The number of aromatic nitrogens is 1. The first-order valence-corrected chi connectivity index (χ1v) is 9.30. The first-order chi connectivity index (χ1) is 12.1. The van der Waals surface area contributed by atoms with Crippen LogP contribution in [-0.2, 0) is 11.4 Å². The molecule has 3 rings (SSSR count). The van der Waals surface area contributed by atoms with Gasteiger partial charge in [-0.3, -0.25) is 4.79 Å². The quantitative estimate of drug-likeness (QED) is 0.702. The van der Waals surface area contributed by atoms with E-state index in [1.165, 1.54) is 6.07 Å². The van der Waals surface area contributed by atoms with Gasteiger partial charge in [0.15, 0.2) is 11.6 Å². The molecule has 1 fully saturated rings. The predicted molar refractivity (Wildman–Crippen MR) is 94.5 cm³/mol. The molecule has 2 aromatic rings. The van der Waals surface area contributed by atoms with Crippen LogP contribution in [0.4, 0.5) is 4.39 Å². The summed E-state index contributed by atoms with van der Waals surface area (Å²) < 4.78 is 19.9. The van der Waals surface area contributed by atoms with Gasteiger partial charge in [0.1, 0.15) is 11.6 Å². The summed E-state index contributed by atoms with van der Waals surface area (Å²) in [4.78, 5) is 15.3. The van der Waals surface area contributed by atoms with Gasteiger partial charge in [0.25, 0.3) is 0 Å². The Labute approximate surface area is 150 Å². The Kier molecular flexibility index (Phi) is 5.58. The SMILES string of the molecule is CCCSc1ncccc1COc1ccc(C2CC2C(=O)O)cc1F. The number of hydrogen-bond donors (Lipinski definition) is 1. The molecule has 0 aliphatic heterocycles. The zero-order valence-corrected chi connectivity index (χ0v) is 14.8. The summed E-state index contributed by atoms with van der Waals surface area (Å²) in [6.45, 7) is 2.36. The molecule has 0 saturated heterocycles. The van der Waals surface area contributed by atoms with E-state index in [4.69, 9.17) is 9.84 Å². The first-order valence-electron chi connectivity index (χ1n) is 8.32. The number of nitrogens with zero attached hydrogens (tertiary/aromatic N) is 1. The van der Waals surface area contributed by atoms with Crippen LogP contribution in [-0.4, -0.2) is 21.8 Å². The average Bonchev–Trinajstić information content (AvgIpc) is 3.40. The standard InChI is InChI=1S/C19H20FNO3S/c1-2-8-25-18-13(4-3-7-21-18)11-24-17-6-5-12(9-16(17)20)14-10-15(14)19(22)23/h3-7,9,14-15H,2,8,10-11H2,1H3,(H,22,23). The van der Waals surface area contributed by atoms with Crippen molar-refractivity contribution in [2.45, 2.75) is 37.3 Å². The molecule has 4 nitrogen and oxygen atoms in total. The van der Waals surface area contributed by atoms with Crippen molar-refractivity contribution in [1.82, 2.24) is 4.98 Å². The van der Waals surface area contributed by atoms with E-state index in [0.717, 1.165) is 28.3 Å². The minimum Gasteiger partial charge on any atom is -0.486 e. The van der Waals surface area contributed by atoms with Crippen LogP contribution in [0, 0.1) is 11.7 Å². The van der Waals surface area contributed by atoms with Gasteiger partial charge in [-0.2, -0.15) is 0 Å². The third-order valence-corrected chi connectivity index (χ3v) is 5.42. The molecule has 0 bridgehead atoms. The van der Waals surface area contributed by atoms with Crippen LogP contribution in [0.5, 0.6) is 5.75 Å². The second kappa shape index (κ2) is 7.87. The van der Waals surface area contributed by atoms with Gasteiger partial charge in [0.05, 0.1) is 5.92 Å². The fourth-order valence-electron chi connectivity index (χ4n) is 2.72. The number of benzene rings is 1. The van der Waals surface area contributed by atoms with Gasteiger partial charge in [-0.05, 0) is 48.3 Å². The third-order valence-electron chi connectivity index (χ3n) is 4.17. The minimum atomic E-state index is -0.820. The number of carboxylic acids is 1. The molecular weight excluding hydrogens is 341 g/mol. The molecule has 25 heavy (non-hydrogen) atoms. The number of thioether (sulfide) groups is 1. The largest absolute Gasteiger partial charge is 0.486 e. The predicted octanol–water partition coefficient (Wildman–Crippen LogP) is 4.49. The number of carboxylic acid groups (broad SMARTS) is 1. The fraction of sp³-hybridized carbons (Fsp3) is 0.368. The highest BCUT2D eigenvalue weighted by atomic mass is 32.2. The molecule has 1 saturated carbocycles. The van der Waals surface area contributed by atoms with E-state index in [-0.39, 0.29) is 24.2 Å². The third kappa shape index (κ3) is 4.31. The number of carbonyl (C=O) groups is 1. The molecule has 1 aromatic heterocycles. The second-order valence-electron chi connectivity index (χ2n) is 6.08. The summed E-state index contributed by atoms with van der Waals surface area (Å²) in [5.74, 6) is -0.610. The molecule has 1 aromatic carbocycles. The lowest BCUT2D eigenvalue weighted by Gasteiger charge is -2.11. The Morgan fingerprint density at radius 2 is 2.28 bits per heavy atom. The van der Waals surface area contributed by atoms with Crippen LogP contribution in [0.2, 0.25) is 0 Å². The van der Waals surface area contributed by atoms with Gasteiger partial charge in [-0.1, -0.05) is 19.1 Å². The summed E-state index contributed by atoms with van der Waals surface area (Å²) >= 11 is 1.66. The Bertz CT molecular complexity index is 768. The maximum absolute atomic E-state index is 14.3. The molecule has 0 spiro atoms. The summed E-state index contributed by atoms with van der Waals surface area (Å²) in [6.07, 6.45) is 3.37. The van der Waals surface area contributed by atoms with Crippen LogP contribution in [0.1, 0.15) is 36.8 Å². The number of pyridine rings is 1. The highest BCUT2D eigenvalue weighted by molar-refractivity contribution is 7.99. The van der Waals surface area contributed by atoms with Gasteiger partial charge < -0.3 is 9.84 Å². The van der Waals surface area contributed by atoms with E-state index in [1.807, 2.05) is 12.1 Å². The molecule has 6 heteroatoms. The van der Waals surface area contributed by atoms with E-state index >= 15 is 0 Å². The smallest absolute Gasteiger partial charge is 0.307 e. The van der Waals surface area contributed by atoms with Crippen molar-refractivity contribution in [3.63, 3.8) is 0 Å². The normalized spacial score (nSPS) is 18.8. The van der Waals surface area contributed by atoms with Gasteiger partial charge in [-0.25, -0.2) is 9.37 Å². The first kappa shape index (κ1) is 17.7. The van der Waals surface area contributed by atoms with Gasteiger partial charge in [-0.15, -0.1) is 11.8 Å². The fourth-order valence-corrected chi connectivity index (χ4v) is 3.56. The van der Waals surface area contributed by atoms with Crippen LogP contribution in [0.25, 0.3) is 0 Å².